The zero-order valence-electron chi connectivity index (χ0n) is 21.0. The number of carbonyl (C=O) groups excluding carboxylic acids is 1. The fourth-order valence-corrected chi connectivity index (χ4v) is 5.08. The van der Waals surface area contributed by atoms with Crippen molar-refractivity contribution in [3.8, 4) is 0 Å². The summed E-state index contributed by atoms with van der Waals surface area (Å²) in [6, 6.07) is 1.27. The minimum atomic E-state index is -1.22. The SMILES string of the molecule is CCC(C(=O)O)C1CCCC(C(N)C(O)C(C)C(=O)C(CC)C(O)C(N)CC(N)c2ccco2)O1. The number of hydrogen-bond donors (Lipinski definition) is 6. The first-order valence-electron chi connectivity index (χ1n) is 12.6. The Kier molecular flexibility index (Phi) is 11.3. The maximum absolute atomic E-state index is 13.3. The van der Waals surface area contributed by atoms with Gasteiger partial charge in [0.2, 0.25) is 0 Å². The van der Waals surface area contributed by atoms with Crippen LogP contribution in [0.15, 0.2) is 22.8 Å². The van der Waals surface area contributed by atoms with E-state index in [0.717, 1.165) is 6.42 Å². The molecule has 35 heavy (non-hydrogen) atoms. The fourth-order valence-electron chi connectivity index (χ4n) is 5.08. The number of hydrogen-bond acceptors (Lipinski definition) is 9. The van der Waals surface area contributed by atoms with Crippen LogP contribution in [0.4, 0.5) is 0 Å². The lowest BCUT2D eigenvalue weighted by atomic mass is 9.79. The van der Waals surface area contributed by atoms with Crippen molar-refractivity contribution in [3.63, 3.8) is 0 Å². The predicted octanol–water partition coefficient (Wildman–Crippen LogP) is 1.33. The summed E-state index contributed by atoms with van der Waals surface area (Å²) in [5.41, 5.74) is 18.6. The molecule has 0 aliphatic carbocycles. The van der Waals surface area contributed by atoms with Crippen LogP contribution in [0, 0.1) is 17.8 Å². The number of rotatable bonds is 14. The van der Waals surface area contributed by atoms with Crippen LogP contribution in [-0.2, 0) is 14.3 Å². The van der Waals surface area contributed by atoms with Gasteiger partial charge in [0, 0.05) is 17.9 Å². The van der Waals surface area contributed by atoms with Crippen LogP contribution >= 0.6 is 0 Å². The van der Waals surface area contributed by atoms with Crippen LogP contribution in [0.1, 0.15) is 71.1 Å². The Bertz CT molecular complexity index is 790. The second-order valence-corrected chi connectivity index (χ2v) is 9.78. The lowest BCUT2D eigenvalue weighted by molar-refractivity contribution is -0.157. The van der Waals surface area contributed by atoms with Gasteiger partial charge < -0.3 is 41.7 Å². The van der Waals surface area contributed by atoms with E-state index in [1.165, 1.54) is 6.26 Å². The van der Waals surface area contributed by atoms with E-state index in [2.05, 4.69) is 0 Å². The highest BCUT2D eigenvalue weighted by Gasteiger charge is 2.41. The molecule has 9 N–H and O–H groups in total. The maximum Gasteiger partial charge on any atom is 0.309 e. The Morgan fingerprint density at radius 2 is 1.74 bits per heavy atom. The Labute approximate surface area is 207 Å². The van der Waals surface area contributed by atoms with Gasteiger partial charge in [-0.1, -0.05) is 20.8 Å². The quantitative estimate of drug-likeness (QED) is 0.218. The number of ketones is 1. The Hall–Kier alpha value is -1.82. The lowest BCUT2D eigenvalue weighted by Crippen LogP contribution is -2.54. The second-order valence-electron chi connectivity index (χ2n) is 9.78. The third-order valence-electron chi connectivity index (χ3n) is 7.41. The molecule has 1 saturated heterocycles. The van der Waals surface area contributed by atoms with Gasteiger partial charge in [-0.15, -0.1) is 0 Å². The summed E-state index contributed by atoms with van der Waals surface area (Å²) in [6.07, 6.45) is 0.958. The lowest BCUT2D eigenvalue weighted by Gasteiger charge is -2.39. The number of ether oxygens (including phenoxy) is 1. The third-order valence-corrected chi connectivity index (χ3v) is 7.41. The summed E-state index contributed by atoms with van der Waals surface area (Å²) >= 11 is 0. The molecule has 1 fully saturated rings. The first-order valence-corrected chi connectivity index (χ1v) is 12.6. The normalized spacial score (nSPS) is 25.6. The molecular formula is C25H43N3O7. The molecule has 1 aromatic rings. The largest absolute Gasteiger partial charge is 0.481 e. The molecule has 0 bridgehead atoms. The van der Waals surface area contributed by atoms with Gasteiger partial charge in [-0.05, 0) is 50.7 Å². The minimum absolute atomic E-state index is 0.217. The molecule has 1 aliphatic rings. The van der Waals surface area contributed by atoms with E-state index in [0.29, 0.717) is 31.4 Å². The average Bonchev–Trinajstić information content (AvgIpc) is 3.38. The molecule has 200 valence electrons. The van der Waals surface area contributed by atoms with Crippen LogP contribution in [0.2, 0.25) is 0 Å². The number of carboxylic acid groups (broad SMARTS) is 1. The van der Waals surface area contributed by atoms with Crippen molar-refractivity contribution in [1.82, 2.24) is 0 Å². The van der Waals surface area contributed by atoms with E-state index < -0.39 is 66.3 Å². The molecule has 2 heterocycles. The number of furan rings is 1. The Balaban J connectivity index is 2.02. The highest BCUT2D eigenvalue weighted by Crippen LogP contribution is 2.30. The fraction of sp³-hybridized carbons (Fsp3) is 0.760. The number of aliphatic carboxylic acids is 1. The topological polar surface area (TPSA) is 195 Å². The second kappa shape index (κ2) is 13.5. The van der Waals surface area contributed by atoms with E-state index >= 15 is 0 Å². The highest BCUT2D eigenvalue weighted by molar-refractivity contribution is 5.84. The number of aliphatic hydroxyl groups excluding tert-OH is 2. The monoisotopic (exact) mass is 497 g/mol. The van der Waals surface area contributed by atoms with Gasteiger partial charge in [0.1, 0.15) is 11.5 Å². The maximum atomic E-state index is 13.3. The molecular weight excluding hydrogens is 454 g/mol. The van der Waals surface area contributed by atoms with Crippen molar-refractivity contribution in [2.45, 2.75) is 102 Å². The van der Waals surface area contributed by atoms with Crippen molar-refractivity contribution in [2.75, 3.05) is 0 Å². The van der Waals surface area contributed by atoms with Gasteiger partial charge in [0.25, 0.3) is 0 Å². The summed E-state index contributed by atoms with van der Waals surface area (Å²) in [6.45, 7) is 5.15. The molecule has 10 heteroatoms. The van der Waals surface area contributed by atoms with Crippen LogP contribution < -0.4 is 17.2 Å². The van der Waals surface area contributed by atoms with E-state index in [9.17, 15) is 24.9 Å². The van der Waals surface area contributed by atoms with Crippen molar-refractivity contribution in [2.24, 2.45) is 35.0 Å². The number of carbonyl (C=O) groups is 2. The molecule has 0 spiro atoms. The van der Waals surface area contributed by atoms with Gasteiger partial charge in [-0.25, -0.2) is 0 Å². The van der Waals surface area contributed by atoms with E-state index in [1.54, 1.807) is 32.9 Å². The Morgan fingerprint density at radius 1 is 1.09 bits per heavy atom. The van der Waals surface area contributed by atoms with Crippen LogP contribution in [0.3, 0.4) is 0 Å². The molecule has 2 rings (SSSR count). The van der Waals surface area contributed by atoms with Gasteiger partial charge in [0.15, 0.2) is 0 Å². The van der Waals surface area contributed by atoms with Gasteiger partial charge >= 0.3 is 5.97 Å². The number of Topliss-reactive ketones (excluding diaryl/α,β-unsaturated/α-hetero) is 1. The molecule has 0 aromatic carbocycles. The van der Waals surface area contributed by atoms with E-state index in [1.807, 2.05) is 0 Å². The summed E-state index contributed by atoms with van der Waals surface area (Å²) in [7, 11) is 0. The predicted molar refractivity (Wildman–Crippen MR) is 130 cm³/mol. The Morgan fingerprint density at radius 3 is 2.29 bits per heavy atom. The molecule has 10 unspecified atom stereocenters. The zero-order chi connectivity index (χ0) is 26.3. The summed E-state index contributed by atoms with van der Waals surface area (Å²) in [5, 5.41) is 31.3. The zero-order valence-corrected chi connectivity index (χ0v) is 21.0. The number of aliphatic hydroxyl groups is 2. The smallest absolute Gasteiger partial charge is 0.309 e. The minimum Gasteiger partial charge on any atom is -0.481 e. The van der Waals surface area contributed by atoms with Crippen LogP contribution in [0.5, 0.6) is 0 Å². The van der Waals surface area contributed by atoms with Gasteiger partial charge in [0.05, 0.1) is 48.7 Å². The highest BCUT2D eigenvalue weighted by atomic mass is 16.5. The van der Waals surface area contributed by atoms with Gasteiger partial charge in [-0.3, -0.25) is 9.59 Å². The molecule has 0 radical (unpaired) electrons. The van der Waals surface area contributed by atoms with Crippen molar-refractivity contribution in [1.29, 1.82) is 0 Å². The summed E-state index contributed by atoms with van der Waals surface area (Å²) in [5.74, 6) is -3.04. The van der Waals surface area contributed by atoms with Crippen LogP contribution in [-0.4, -0.2) is 63.6 Å². The standard InChI is InChI=1S/C25H43N3O7/c1-4-14(25(32)33)18-8-6-9-20(35-18)21(28)23(30)13(3)22(29)15(5-2)24(31)17(27)12-16(26)19-10-7-11-34-19/h7,10-11,13-18,20-21,23-24,30-31H,4-6,8-9,12,26-28H2,1-3H3,(H,32,33). The van der Waals surface area contributed by atoms with Crippen molar-refractivity contribution >= 4 is 11.8 Å². The summed E-state index contributed by atoms with van der Waals surface area (Å²) in [4.78, 5) is 24.8. The molecule has 1 aromatic heterocycles. The van der Waals surface area contributed by atoms with E-state index in [-0.39, 0.29) is 12.2 Å². The summed E-state index contributed by atoms with van der Waals surface area (Å²) < 4.78 is 11.3. The molecule has 10 nitrogen and oxygen atoms in total. The van der Waals surface area contributed by atoms with E-state index in [4.69, 9.17) is 26.4 Å². The first-order chi connectivity index (χ1) is 16.5. The molecule has 0 amide bonds. The first kappa shape index (κ1) is 29.4. The molecule has 10 atom stereocenters. The third kappa shape index (κ3) is 7.34. The van der Waals surface area contributed by atoms with Crippen LogP contribution in [0.25, 0.3) is 0 Å². The molecule has 0 saturated carbocycles. The number of carboxylic acids is 1. The number of nitrogens with two attached hydrogens (primary N) is 3. The van der Waals surface area contributed by atoms with Crippen molar-refractivity contribution < 1.29 is 34.1 Å². The van der Waals surface area contributed by atoms with Gasteiger partial charge in [-0.2, -0.15) is 0 Å². The molecule has 1 aliphatic heterocycles. The average molecular weight is 498 g/mol. The van der Waals surface area contributed by atoms with Crippen molar-refractivity contribution in [3.05, 3.63) is 24.2 Å².